The first-order valence-electron chi connectivity index (χ1n) is 11.5. The minimum Gasteiger partial charge on any atom is -0.497 e. The van der Waals surface area contributed by atoms with E-state index < -0.39 is 0 Å². The highest BCUT2D eigenvalue weighted by Crippen LogP contribution is 2.37. The van der Waals surface area contributed by atoms with Gasteiger partial charge in [-0.15, -0.1) is 0 Å². The fourth-order valence-corrected chi connectivity index (χ4v) is 4.18. The molecule has 0 amide bonds. The topological polar surface area (TPSA) is 65.5 Å². The maximum Gasteiger partial charge on any atom is 0.135 e. The van der Waals surface area contributed by atoms with Crippen molar-refractivity contribution in [3.05, 3.63) is 101 Å². The second-order valence-electron chi connectivity index (χ2n) is 8.22. The van der Waals surface area contributed by atoms with Crippen LogP contribution in [0.3, 0.4) is 0 Å². The van der Waals surface area contributed by atoms with Gasteiger partial charge >= 0.3 is 0 Å². The molecule has 0 aliphatic carbocycles. The van der Waals surface area contributed by atoms with Gasteiger partial charge in [-0.2, -0.15) is 10.2 Å². The molecule has 0 radical (unpaired) electrons. The molecule has 186 valence electrons. The molecule has 0 unspecified atom stereocenters. The lowest BCUT2D eigenvalue weighted by Gasteiger charge is -2.14. The van der Waals surface area contributed by atoms with E-state index in [2.05, 4.69) is 15.5 Å². The van der Waals surface area contributed by atoms with Gasteiger partial charge in [0, 0.05) is 34.1 Å². The lowest BCUT2D eigenvalue weighted by Crippen LogP contribution is -2.03. The molecule has 0 aliphatic heterocycles. The molecule has 37 heavy (non-hydrogen) atoms. The van der Waals surface area contributed by atoms with Crippen molar-refractivity contribution in [2.75, 3.05) is 19.5 Å². The van der Waals surface area contributed by atoms with Crippen LogP contribution in [0.15, 0.2) is 85.1 Å². The fourth-order valence-electron chi connectivity index (χ4n) is 4.00. The number of ether oxygens (including phenoxy) is 3. The second-order valence-corrected chi connectivity index (χ2v) is 8.65. The summed E-state index contributed by atoms with van der Waals surface area (Å²) in [6.45, 7) is 0.527. The van der Waals surface area contributed by atoms with E-state index in [9.17, 15) is 4.39 Å². The van der Waals surface area contributed by atoms with Gasteiger partial charge in [0.05, 0.1) is 31.6 Å². The van der Waals surface area contributed by atoms with Crippen molar-refractivity contribution in [2.24, 2.45) is 0 Å². The molecule has 5 aromatic rings. The Bertz CT molecular complexity index is 1560. The molecule has 4 aromatic carbocycles. The number of hydrogen-bond donors (Lipinski definition) is 1. The van der Waals surface area contributed by atoms with Crippen molar-refractivity contribution in [2.45, 2.75) is 6.54 Å². The molecule has 1 heterocycles. The van der Waals surface area contributed by atoms with E-state index in [0.29, 0.717) is 28.6 Å². The monoisotopic (exact) mass is 515 g/mol. The van der Waals surface area contributed by atoms with Crippen LogP contribution < -0.4 is 19.5 Å². The number of halogens is 2. The third-order valence-electron chi connectivity index (χ3n) is 5.90. The smallest absolute Gasteiger partial charge is 0.135 e. The number of benzene rings is 4. The van der Waals surface area contributed by atoms with Gasteiger partial charge in [0.15, 0.2) is 0 Å². The molecule has 8 heteroatoms. The zero-order valence-corrected chi connectivity index (χ0v) is 20.9. The van der Waals surface area contributed by atoms with E-state index in [1.807, 2.05) is 42.5 Å². The standard InChI is InChI=1S/C29H23ClFN3O3/c1-35-23-8-3-19(29(15-23)36-2)16-32-27-17-33-34-26-13-18(4-11-24(26)27)25-14-20(30)5-12-28(25)37-22-9-6-21(31)7-10-22/h3-15,17H,16H2,1-2H3,(H,32,34). The number of nitrogens with one attached hydrogen (secondary N) is 1. The summed E-state index contributed by atoms with van der Waals surface area (Å²) in [5.74, 6) is 2.24. The van der Waals surface area contributed by atoms with E-state index in [-0.39, 0.29) is 5.82 Å². The maximum atomic E-state index is 13.3. The Balaban J connectivity index is 1.44. The van der Waals surface area contributed by atoms with Crippen LogP contribution in [0.2, 0.25) is 5.02 Å². The lowest BCUT2D eigenvalue weighted by molar-refractivity contribution is 0.391. The molecule has 0 spiro atoms. The molecule has 1 aromatic heterocycles. The van der Waals surface area contributed by atoms with Crippen LogP contribution in [-0.4, -0.2) is 24.4 Å². The van der Waals surface area contributed by atoms with Crippen LogP contribution in [0.5, 0.6) is 23.0 Å². The average molecular weight is 516 g/mol. The van der Waals surface area contributed by atoms with Crippen LogP contribution >= 0.6 is 11.6 Å². The molecule has 5 rings (SSSR count). The predicted octanol–water partition coefficient (Wildman–Crippen LogP) is 7.51. The fraction of sp³-hybridized carbons (Fsp3) is 0.103. The Kier molecular flexibility index (Phi) is 7.05. The molecular formula is C29H23ClFN3O3. The van der Waals surface area contributed by atoms with E-state index in [0.717, 1.165) is 39.3 Å². The van der Waals surface area contributed by atoms with Crippen LogP contribution in [-0.2, 0) is 6.54 Å². The molecular weight excluding hydrogens is 493 g/mol. The van der Waals surface area contributed by atoms with E-state index in [1.165, 1.54) is 12.1 Å². The zero-order valence-electron chi connectivity index (χ0n) is 20.2. The number of anilines is 1. The first-order chi connectivity index (χ1) is 18.0. The van der Waals surface area contributed by atoms with Crippen molar-refractivity contribution in [3.63, 3.8) is 0 Å². The summed E-state index contributed by atoms with van der Waals surface area (Å²) >= 11 is 6.32. The van der Waals surface area contributed by atoms with Gasteiger partial charge in [0.1, 0.15) is 28.8 Å². The lowest BCUT2D eigenvalue weighted by atomic mass is 10.0. The van der Waals surface area contributed by atoms with Crippen LogP contribution in [0.25, 0.3) is 22.0 Å². The van der Waals surface area contributed by atoms with Crippen LogP contribution in [0.1, 0.15) is 5.56 Å². The SMILES string of the molecule is COc1ccc(CNc2cnnc3cc(-c4cc(Cl)ccc4Oc4ccc(F)cc4)ccc23)c(OC)c1. The van der Waals surface area contributed by atoms with Gasteiger partial charge in [-0.05, 0) is 72.3 Å². The van der Waals surface area contributed by atoms with Gasteiger partial charge in [-0.1, -0.05) is 17.7 Å². The summed E-state index contributed by atoms with van der Waals surface area (Å²) in [4.78, 5) is 0. The van der Waals surface area contributed by atoms with Crippen molar-refractivity contribution >= 4 is 28.2 Å². The van der Waals surface area contributed by atoms with E-state index in [1.54, 1.807) is 44.7 Å². The molecule has 6 nitrogen and oxygen atoms in total. The molecule has 0 atom stereocenters. The Hall–Kier alpha value is -4.36. The molecule has 0 bridgehead atoms. The highest BCUT2D eigenvalue weighted by atomic mass is 35.5. The van der Waals surface area contributed by atoms with Crippen molar-refractivity contribution < 1.29 is 18.6 Å². The third kappa shape index (κ3) is 5.42. The number of methoxy groups -OCH3 is 2. The van der Waals surface area contributed by atoms with Crippen LogP contribution in [0, 0.1) is 5.82 Å². The molecule has 0 saturated heterocycles. The number of rotatable bonds is 8. The number of fused-ring (bicyclic) bond motifs is 1. The highest BCUT2D eigenvalue weighted by molar-refractivity contribution is 6.31. The first kappa shape index (κ1) is 24.3. The van der Waals surface area contributed by atoms with Crippen molar-refractivity contribution in [1.82, 2.24) is 10.2 Å². The number of nitrogens with zero attached hydrogens (tertiary/aromatic N) is 2. The van der Waals surface area contributed by atoms with Crippen LogP contribution in [0.4, 0.5) is 10.1 Å². The largest absolute Gasteiger partial charge is 0.497 e. The summed E-state index contributed by atoms with van der Waals surface area (Å²) in [7, 11) is 3.25. The quantitative estimate of drug-likeness (QED) is 0.231. The Morgan fingerprint density at radius 2 is 1.65 bits per heavy atom. The number of aromatic nitrogens is 2. The van der Waals surface area contributed by atoms with Gasteiger partial charge in [-0.3, -0.25) is 0 Å². The normalized spacial score (nSPS) is 10.8. The molecule has 0 aliphatic rings. The summed E-state index contributed by atoms with van der Waals surface area (Å²) in [6.07, 6.45) is 1.69. The summed E-state index contributed by atoms with van der Waals surface area (Å²) in [5.41, 5.74) is 4.16. The average Bonchev–Trinajstić information content (AvgIpc) is 2.93. The first-order valence-corrected chi connectivity index (χ1v) is 11.9. The second kappa shape index (κ2) is 10.7. The molecule has 0 saturated carbocycles. The van der Waals surface area contributed by atoms with Crippen molar-refractivity contribution in [3.8, 4) is 34.1 Å². The van der Waals surface area contributed by atoms with Gasteiger partial charge in [0.25, 0.3) is 0 Å². The number of hydrogen-bond acceptors (Lipinski definition) is 6. The van der Waals surface area contributed by atoms with Gasteiger partial charge in [-0.25, -0.2) is 4.39 Å². The zero-order chi connectivity index (χ0) is 25.8. The van der Waals surface area contributed by atoms with Crippen molar-refractivity contribution in [1.29, 1.82) is 0 Å². The Labute approximate surface area is 218 Å². The summed E-state index contributed by atoms with van der Waals surface area (Å²) in [6, 6.07) is 22.8. The van der Waals surface area contributed by atoms with Gasteiger partial charge in [0.2, 0.25) is 0 Å². The highest BCUT2D eigenvalue weighted by Gasteiger charge is 2.12. The van der Waals surface area contributed by atoms with Gasteiger partial charge < -0.3 is 19.5 Å². The third-order valence-corrected chi connectivity index (χ3v) is 6.13. The maximum absolute atomic E-state index is 13.3. The van der Waals surface area contributed by atoms with E-state index in [4.69, 9.17) is 25.8 Å². The Morgan fingerprint density at radius 1 is 0.838 bits per heavy atom. The van der Waals surface area contributed by atoms with E-state index >= 15 is 0 Å². The minimum atomic E-state index is -0.327. The molecule has 1 N–H and O–H groups in total. The Morgan fingerprint density at radius 3 is 2.43 bits per heavy atom. The summed E-state index contributed by atoms with van der Waals surface area (Å²) < 4.78 is 30.2. The predicted molar refractivity (Wildman–Crippen MR) is 143 cm³/mol. The summed E-state index contributed by atoms with van der Waals surface area (Å²) in [5, 5.41) is 13.4. The molecule has 0 fully saturated rings. The minimum absolute atomic E-state index is 0.327.